The van der Waals surface area contributed by atoms with Gasteiger partial charge in [0.2, 0.25) is 15.9 Å². The number of carbonyl (C=O) groups excluding carboxylic acids is 1. The van der Waals surface area contributed by atoms with Crippen molar-refractivity contribution in [3.8, 4) is 11.1 Å². The number of nitrogens with zero attached hydrogens (tertiary/aromatic N) is 4. The summed E-state index contributed by atoms with van der Waals surface area (Å²) in [5.41, 5.74) is 2.82. The van der Waals surface area contributed by atoms with Crippen LogP contribution in [0, 0.1) is 6.92 Å². The molecule has 0 bridgehead atoms. The Kier molecular flexibility index (Phi) is 6.45. The fraction of sp³-hybridized carbons (Fsp3) is 0.409. The van der Waals surface area contributed by atoms with Gasteiger partial charge in [0, 0.05) is 50.1 Å². The third-order valence-corrected chi connectivity index (χ3v) is 8.61. The minimum atomic E-state index is -3.23. The van der Waals surface area contributed by atoms with Gasteiger partial charge >= 0.3 is 0 Å². The summed E-state index contributed by atoms with van der Waals surface area (Å²) in [4.78, 5) is 32.6. The third kappa shape index (κ3) is 4.48. The molecule has 170 valence electrons. The molecule has 3 heterocycles. The van der Waals surface area contributed by atoms with E-state index in [9.17, 15) is 18.0 Å². The van der Waals surface area contributed by atoms with Gasteiger partial charge in [0.1, 0.15) is 4.83 Å². The molecule has 1 aromatic carbocycles. The number of piperazine rings is 1. The summed E-state index contributed by atoms with van der Waals surface area (Å²) in [6.45, 7) is 5.22. The molecule has 0 saturated carbocycles. The number of benzene rings is 1. The summed E-state index contributed by atoms with van der Waals surface area (Å²) in [6, 6.07) is 8.01. The molecule has 0 unspecified atom stereocenters. The number of sulfonamides is 1. The Hall–Kier alpha value is -2.56. The van der Waals surface area contributed by atoms with E-state index < -0.39 is 10.0 Å². The molecule has 0 atom stereocenters. The van der Waals surface area contributed by atoms with Gasteiger partial charge in [0.05, 0.1) is 17.5 Å². The molecule has 0 aliphatic carbocycles. The van der Waals surface area contributed by atoms with Crippen molar-refractivity contribution in [2.45, 2.75) is 26.8 Å². The Morgan fingerprint density at radius 3 is 2.47 bits per heavy atom. The van der Waals surface area contributed by atoms with Crippen molar-refractivity contribution in [2.24, 2.45) is 0 Å². The summed E-state index contributed by atoms with van der Waals surface area (Å²) in [5, 5.41) is 2.52. The van der Waals surface area contributed by atoms with Crippen molar-refractivity contribution in [1.82, 2.24) is 18.8 Å². The number of aryl methyl sites for hydroxylation is 2. The van der Waals surface area contributed by atoms with Gasteiger partial charge in [-0.05, 0) is 19.4 Å². The van der Waals surface area contributed by atoms with Gasteiger partial charge in [-0.25, -0.2) is 13.4 Å². The second-order valence-corrected chi connectivity index (χ2v) is 11.0. The predicted molar refractivity (Wildman–Crippen MR) is 126 cm³/mol. The Bertz CT molecular complexity index is 1290. The van der Waals surface area contributed by atoms with Gasteiger partial charge < -0.3 is 4.90 Å². The smallest absolute Gasteiger partial charge is 0.262 e. The highest BCUT2D eigenvalue weighted by Crippen LogP contribution is 2.30. The Labute approximate surface area is 191 Å². The average molecular weight is 475 g/mol. The van der Waals surface area contributed by atoms with Gasteiger partial charge in [-0.15, -0.1) is 11.3 Å². The fourth-order valence-corrected chi connectivity index (χ4v) is 5.84. The zero-order valence-corrected chi connectivity index (χ0v) is 19.8. The lowest BCUT2D eigenvalue weighted by molar-refractivity contribution is -0.132. The Balaban J connectivity index is 1.47. The quantitative estimate of drug-likeness (QED) is 0.547. The normalized spacial score (nSPS) is 15.4. The van der Waals surface area contributed by atoms with Crippen LogP contribution in [0.3, 0.4) is 0 Å². The van der Waals surface area contributed by atoms with Crippen molar-refractivity contribution < 1.29 is 13.2 Å². The summed E-state index contributed by atoms with van der Waals surface area (Å²) in [6.07, 6.45) is 1.66. The monoisotopic (exact) mass is 474 g/mol. The van der Waals surface area contributed by atoms with Crippen molar-refractivity contribution in [3.63, 3.8) is 0 Å². The van der Waals surface area contributed by atoms with E-state index in [-0.39, 0.29) is 30.2 Å². The highest BCUT2D eigenvalue weighted by atomic mass is 32.2. The molecule has 1 fully saturated rings. The van der Waals surface area contributed by atoms with E-state index in [1.807, 2.05) is 36.6 Å². The number of thiophene rings is 1. The average Bonchev–Trinajstić information content (AvgIpc) is 3.24. The van der Waals surface area contributed by atoms with Crippen LogP contribution in [0.4, 0.5) is 0 Å². The lowest BCUT2D eigenvalue weighted by Gasteiger charge is -2.33. The van der Waals surface area contributed by atoms with Crippen LogP contribution >= 0.6 is 11.3 Å². The maximum absolute atomic E-state index is 13.2. The molecular formula is C22H26N4O4S2. The first-order valence-electron chi connectivity index (χ1n) is 10.6. The van der Waals surface area contributed by atoms with E-state index in [1.54, 1.807) is 11.8 Å². The highest BCUT2D eigenvalue weighted by Gasteiger charge is 2.27. The molecule has 2 aromatic heterocycles. The van der Waals surface area contributed by atoms with Crippen molar-refractivity contribution >= 4 is 37.5 Å². The van der Waals surface area contributed by atoms with Crippen molar-refractivity contribution in [3.05, 3.63) is 51.9 Å². The number of hydrogen-bond acceptors (Lipinski definition) is 6. The lowest BCUT2D eigenvalue weighted by Crippen LogP contribution is -2.51. The second kappa shape index (κ2) is 9.13. The van der Waals surface area contributed by atoms with Crippen molar-refractivity contribution in [2.75, 3.05) is 31.9 Å². The van der Waals surface area contributed by atoms with E-state index in [4.69, 9.17) is 0 Å². The lowest BCUT2D eigenvalue weighted by atomic mass is 10.1. The highest BCUT2D eigenvalue weighted by molar-refractivity contribution is 7.89. The standard InChI is InChI=1S/C22H26N4O4S2/c1-3-32(29,30)26-12-10-24(11-13-26)19(27)8-9-25-15-23-21-20(22(25)28)18(14-31-21)17-6-4-16(2)5-7-17/h4-7,14-15H,3,8-13H2,1-2H3. The van der Waals surface area contributed by atoms with Gasteiger partial charge in [-0.1, -0.05) is 29.8 Å². The number of fused-ring (bicyclic) bond motifs is 1. The van der Waals surface area contributed by atoms with E-state index in [2.05, 4.69) is 4.98 Å². The van der Waals surface area contributed by atoms with Crippen LogP contribution in [-0.2, 0) is 21.4 Å². The van der Waals surface area contributed by atoms with E-state index in [0.717, 1.165) is 16.7 Å². The molecule has 1 aliphatic heterocycles. The van der Waals surface area contributed by atoms with Crippen molar-refractivity contribution in [1.29, 1.82) is 0 Å². The Morgan fingerprint density at radius 1 is 1.12 bits per heavy atom. The summed E-state index contributed by atoms with van der Waals surface area (Å²) < 4.78 is 26.9. The summed E-state index contributed by atoms with van der Waals surface area (Å²) in [5.74, 6) is -0.0263. The van der Waals surface area contributed by atoms with E-state index in [0.29, 0.717) is 36.4 Å². The molecule has 32 heavy (non-hydrogen) atoms. The minimum absolute atomic E-state index is 0.0620. The maximum Gasteiger partial charge on any atom is 0.262 e. The first-order chi connectivity index (χ1) is 15.3. The topological polar surface area (TPSA) is 92.6 Å². The second-order valence-electron chi connectivity index (χ2n) is 7.87. The van der Waals surface area contributed by atoms with Crippen LogP contribution in [-0.4, -0.2) is 65.0 Å². The summed E-state index contributed by atoms with van der Waals surface area (Å²) in [7, 11) is -3.23. The van der Waals surface area contributed by atoms with E-state index >= 15 is 0 Å². The van der Waals surface area contributed by atoms with Gasteiger partial charge in [-0.3, -0.25) is 14.2 Å². The number of rotatable bonds is 6. The maximum atomic E-state index is 13.2. The molecule has 3 aromatic rings. The zero-order valence-electron chi connectivity index (χ0n) is 18.2. The first kappa shape index (κ1) is 22.6. The van der Waals surface area contributed by atoms with Crippen LogP contribution in [0.5, 0.6) is 0 Å². The fourth-order valence-electron chi connectivity index (χ4n) is 3.84. The van der Waals surface area contributed by atoms with Crippen LogP contribution < -0.4 is 5.56 Å². The van der Waals surface area contributed by atoms with Crippen LogP contribution in [0.1, 0.15) is 18.9 Å². The van der Waals surface area contributed by atoms with Gasteiger partial charge in [0.15, 0.2) is 0 Å². The molecule has 8 nitrogen and oxygen atoms in total. The molecule has 10 heteroatoms. The predicted octanol–water partition coefficient (Wildman–Crippen LogP) is 2.32. The third-order valence-electron chi connectivity index (χ3n) is 5.84. The van der Waals surface area contributed by atoms with E-state index in [1.165, 1.54) is 26.5 Å². The summed E-state index contributed by atoms with van der Waals surface area (Å²) >= 11 is 1.43. The molecule has 1 aliphatic rings. The largest absolute Gasteiger partial charge is 0.340 e. The molecule has 1 amide bonds. The molecular weight excluding hydrogens is 448 g/mol. The number of carbonyl (C=O) groups is 1. The van der Waals surface area contributed by atoms with Gasteiger partial charge in [-0.2, -0.15) is 4.31 Å². The number of aromatic nitrogens is 2. The molecule has 0 N–H and O–H groups in total. The molecule has 0 radical (unpaired) electrons. The van der Waals surface area contributed by atoms with Crippen LogP contribution in [0.15, 0.2) is 40.8 Å². The molecule has 0 spiro atoms. The minimum Gasteiger partial charge on any atom is -0.340 e. The SMILES string of the molecule is CCS(=O)(=O)N1CCN(C(=O)CCn2cnc3scc(-c4ccc(C)cc4)c3c2=O)CC1. The molecule has 1 saturated heterocycles. The number of hydrogen-bond donors (Lipinski definition) is 0. The van der Waals surface area contributed by atoms with Crippen LogP contribution in [0.25, 0.3) is 21.3 Å². The molecule has 4 rings (SSSR count). The Morgan fingerprint density at radius 2 is 1.81 bits per heavy atom. The van der Waals surface area contributed by atoms with Crippen LogP contribution in [0.2, 0.25) is 0 Å². The number of amides is 1. The zero-order chi connectivity index (χ0) is 22.9. The first-order valence-corrected chi connectivity index (χ1v) is 13.1. The van der Waals surface area contributed by atoms with Gasteiger partial charge in [0.25, 0.3) is 5.56 Å².